The van der Waals surface area contributed by atoms with E-state index in [-0.39, 0.29) is 12.1 Å². The number of aryl methyl sites for hydroxylation is 1. The van der Waals surface area contributed by atoms with E-state index in [1.165, 1.54) is 11.1 Å². The molecule has 0 aliphatic heterocycles. The summed E-state index contributed by atoms with van der Waals surface area (Å²) in [6.07, 6.45) is 1.03. The largest absolute Gasteiger partial charge is 0.378 e. The molecule has 0 aromatic heterocycles. The third kappa shape index (κ3) is 5.99. The summed E-state index contributed by atoms with van der Waals surface area (Å²) >= 11 is 0. The molecule has 1 N–H and O–H groups in total. The highest BCUT2D eigenvalue weighted by Gasteiger charge is 2.17. The van der Waals surface area contributed by atoms with Gasteiger partial charge < -0.3 is 20.0 Å². The Balaban J connectivity index is 1.93. The first kappa shape index (κ1) is 21.8. The number of amides is 2. The summed E-state index contributed by atoms with van der Waals surface area (Å²) in [6, 6.07) is 17.0. The smallest absolute Gasteiger partial charge is 0.317 e. The number of nitrogens with one attached hydrogen (secondary N) is 1. The molecule has 0 heterocycles. The number of urea groups is 1. The Morgan fingerprint density at radius 1 is 0.893 bits per heavy atom. The summed E-state index contributed by atoms with van der Waals surface area (Å²) in [5.41, 5.74) is 4.80. The minimum atomic E-state index is -0.0614. The zero-order valence-electron chi connectivity index (χ0n) is 18.1. The van der Waals surface area contributed by atoms with Crippen molar-refractivity contribution in [2.75, 3.05) is 46.7 Å². The van der Waals surface area contributed by atoms with E-state index in [1.807, 2.05) is 35.2 Å². The van der Waals surface area contributed by atoms with Crippen LogP contribution in [0.2, 0.25) is 0 Å². The third-order valence-electron chi connectivity index (χ3n) is 5.06. The molecule has 0 saturated heterocycles. The zero-order valence-corrected chi connectivity index (χ0v) is 18.1. The van der Waals surface area contributed by atoms with Gasteiger partial charge in [0.15, 0.2) is 0 Å². The summed E-state index contributed by atoms with van der Waals surface area (Å²) in [4.78, 5) is 18.5. The molecular formula is C23H34N4O. The van der Waals surface area contributed by atoms with Crippen LogP contribution >= 0.6 is 0 Å². The summed E-state index contributed by atoms with van der Waals surface area (Å²) < 4.78 is 0. The third-order valence-corrected chi connectivity index (χ3v) is 5.06. The fourth-order valence-corrected chi connectivity index (χ4v) is 3.14. The van der Waals surface area contributed by atoms with Crippen LogP contribution in [0, 0.1) is 0 Å². The standard InChI is InChI=1S/C23H34N4O/c1-7-18-8-12-20(13-9-18)22(26(4)5)16-24-23(28)27(6)17-19-10-14-21(15-11-19)25(2)3/h8-15,22H,7,16-17H2,1-6H3,(H,24,28). The lowest BCUT2D eigenvalue weighted by Gasteiger charge is -2.27. The molecule has 2 rings (SSSR count). The van der Waals surface area contributed by atoms with Gasteiger partial charge in [0.2, 0.25) is 0 Å². The predicted molar refractivity (Wildman–Crippen MR) is 118 cm³/mol. The lowest BCUT2D eigenvalue weighted by Crippen LogP contribution is -2.41. The van der Waals surface area contributed by atoms with E-state index in [2.05, 4.69) is 70.6 Å². The Hall–Kier alpha value is -2.53. The maximum atomic E-state index is 12.6. The summed E-state index contributed by atoms with van der Waals surface area (Å²) in [5.74, 6) is 0. The molecule has 2 aromatic carbocycles. The Morgan fingerprint density at radius 3 is 1.96 bits per heavy atom. The van der Waals surface area contributed by atoms with E-state index in [4.69, 9.17) is 0 Å². The van der Waals surface area contributed by atoms with Gasteiger partial charge in [-0.3, -0.25) is 0 Å². The van der Waals surface area contributed by atoms with E-state index in [1.54, 1.807) is 4.90 Å². The van der Waals surface area contributed by atoms with Gasteiger partial charge in [0.25, 0.3) is 0 Å². The highest BCUT2D eigenvalue weighted by Crippen LogP contribution is 2.19. The van der Waals surface area contributed by atoms with Crippen molar-refractivity contribution in [1.82, 2.24) is 15.1 Å². The van der Waals surface area contributed by atoms with Gasteiger partial charge in [0.05, 0.1) is 6.04 Å². The first-order valence-electron chi connectivity index (χ1n) is 9.82. The van der Waals surface area contributed by atoms with E-state index in [0.717, 1.165) is 17.7 Å². The van der Waals surface area contributed by atoms with Crippen LogP contribution in [0.3, 0.4) is 0 Å². The molecule has 1 atom stereocenters. The number of likely N-dealkylation sites (N-methyl/N-ethyl adjacent to an activating group) is 1. The number of hydrogen-bond acceptors (Lipinski definition) is 3. The fraction of sp³-hybridized carbons (Fsp3) is 0.435. The van der Waals surface area contributed by atoms with Crippen LogP contribution < -0.4 is 10.2 Å². The Labute approximate surface area is 169 Å². The van der Waals surface area contributed by atoms with E-state index >= 15 is 0 Å². The molecule has 2 aromatic rings. The van der Waals surface area contributed by atoms with Crippen molar-refractivity contribution in [1.29, 1.82) is 0 Å². The van der Waals surface area contributed by atoms with Gasteiger partial charge in [-0.25, -0.2) is 4.79 Å². The first-order valence-corrected chi connectivity index (χ1v) is 9.82. The van der Waals surface area contributed by atoms with Gasteiger partial charge in [0.1, 0.15) is 0 Å². The van der Waals surface area contributed by atoms with Gasteiger partial charge in [-0.1, -0.05) is 43.3 Å². The van der Waals surface area contributed by atoms with Crippen LogP contribution in [0.25, 0.3) is 0 Å². The Kier molecular flexibility index (Phi) is 7.88. The van der Waals surface area contributed by atoms with Crippen molar-refractivity contribution < 1.29 is 4.79 Å². The Bertz CT molecular complexity index is 738. The fourth-order valence-electron chi connectivity index (χ4n) is 3.14. The van der Waals surface area contributed by atoms with Crippen LogP contribution in [0.1, 0.15) is 29.7 Å². The van der Waals surface area contributed by atoms with Gasteiger partial charge in [-0.2, -0.15) is 0 Å². The molecular weight excluding hydrogens is 348 g/mol. The number of nitrogens with zero attached hydrogens (tertiary/aromatic N) is 3. The monoisotopic (exact) mass is 382 g/mol. The van der Waals surface area contributed by atoms with Crippen LogP contribution in [0.5, 0.6) is 0 Å². The second kappa shape index (κ2) is 10.1. The molecule has 28 heavy (non-hydrogen) atoms. The van der Waals surface area contributed by atoms with Crippen LogP contribution in [-0.2, 0) is 13.0 Å². The molecule has 2 amide bonds. The van der Waals surface area contributed by atoms with E-state index < -0.39 is 0 Å². The van der Waals surface area contributed by atoms with Crippen molar-refractivity contribution in [3.63, 3.8) is 0 Å². The van der Waals surface area contributed by atoms with Gasteiger partial charge in [-0.05, 0) is 49.3 Å². The second-order valence-corrected chi connectivity index (χ2v) is 7.68. The molecule has 5 heteroatoms. The Morgan fingerprint density at radius 2 is 1.46 bits per heavy atom. The molecule has 5 nitrogen and oxygen atoms in total. The predicted octanol–water partition coefficient (Wildman–Crippen LogP) is 3.76. The van der Waals surface area contributed by atoms with Gasteiger partial charge >= 0.3 is 6.03 Å². The van der Waals surface area contributed by atoms with Gasteiger partial charge in [0, 0.05) is 39.9 Å². The maximum absolute atomic E-state index is 12.6. The molecule has 0 aliphatic carbocycles. The van der Waals surface area contributed by atoms with E-state index in [9.17, 15) is 4.79 Å². The lowest BCUT2D eigenvalue weighted by atomic mass is 10.0. The first-order chi connectivity index (χ1) is 13.3. The maximum Gasteiger partial charge on any atom is 0.317 e. The molecule has 0 spiro atoms. The molecule has 0 radical (unpaired) electrons. The average molecular weight is 383 g/mol. The number of rotatable bonds is 8. The second-order valence-electron chi connectivity index (χ2n) is 7.68. The SMILES string of the molecule is CCc1ccc(C(CNC(=O)N(C)Cc2ccc(N(C)C)cc2)N(C)C)cc1. The highest BCUT2D eigenvalue weighted by molar-refractivity contribution is 5.74. The summed E-state index contributed by atoms with van der Waals surface area (Å²) in [7, 11) is 9.95. The average Bonchev–Trinajstić information content (AvgIpc) is 2.68. The molecule has 0 saturated carbocycles. The molecule has 0 fully saturated rings. The molecule has 0 bridgehead atoms. The quantitative estimate of drug-likeness (QED) is 0.756. The zero-order chi connectivity index (χ0) is 20.7. The highest BCUT2D eigenvalue weighted by atomic mass is 16.2. The molecule has 1 unspecified atom stereocenters. The number of carbonyl (C=O) groups is 1. The lowest BCUT2D eigenvalue weighted by molar-refractivity contribution is 0.200. The minimum absolute atomic E-state index is 0.0614. The normalized spacial score (nSPS) is 12.0. The number of benzene rings is 2. The topological polar surface area (TPSA) is 38.8 Å². The molecule has 0 aliphatic rings. The van der Waals surface area contributed by atoms with Crippen LogP contribution in [0.4, 0.5) is 10.5 Å². The number of carbonyl (C=O) groups excluding carboxylic acids is 1. The summed E-state index contributed by atoms with van der Waals surface area (Å²) in [5, 5.41) is 3.08. The van der Waals surface area contributed by atoms with Crippen molar-refractivity contribution in [3.05, 3.63) is 65.2 Å². The van der Waals surface area contributed by atoms with Gasteiger partial charge in [-0.15, -0.1) is 0 Å². The van der Waals surface area contributed by atoms with Crippen molar-refractivity contribution in [3.8, 4) is 0 Å². The van der Waals surface area contributed by atoms with Crippen molar-refractivity contribution in [2.45, 2.75) is 25.9 Å². The van der Waals surface area contributed by atoms with E-state index in [0.29, 0.717) is 13.1 Å². The van der Waals surface area contributed by atoms with Crippen LogP contribution in [0.15, 0.2) is 48.5 Å². The number of hydrogen-bond donors (Lipinski definition) is 1. The number of anilines is 1. The van der Waals surface area contributed by atoms with Crippen molar-refractivity contribution in [2.24, 2.45) is 0 Å². The van der Waals surface area contributed by atoms with Crippen molar-refractivity contribution >= 4 is 11.7 Å². The minimum Gasteiger partial charge on any atom is -0.378 e. The summed E-state index contributed by atoms with van der Waals surface area (Å²) in [6.45, 7) is 3.31. The van der Waals surface area contributed by atoms with Crippen LogP contribution in [-0.4, -0.2) is 57.6 Å². The molecule has 152 valence electrons.